The molecule has 4 aromatic heterocycles. The summed E-state index contributed by atoms with van der Waals surface area (Å²) >= 11 is 1.27. The van der Waals surface area contributed by atoms with Crippen molar-refractivity contribution in [3.8, 4) is 0 Å². The molecule has 0 aliphatic rings. The van der Waals surface area contributed by atoms with E-state index in [-0.39, 0.29) is 5.56 Å². The molecule has 23 heavy (non-hydrogen) atoms. The summed E-state index contributed by atoms with van der Waals surface area (Å²) in [4.78, 5) is 22.0. The Hall–Kier alpha value is -3.06. The summed E-state index contributed by atoms with van der Waals surface area (Å²) in [5, 5.41) is 5.35. The first-order valence-electron chi connectivity index (χ1n) is 6.93. The Kier molecular flexibility index (Phi) is 2.42. The molecule has 5 aromatic rings. The van der Waals surface area contributed by atoms with Gasteiger partial charge in [0.2, 0.25) is 4.96 Å². The maximum atomic E-state index is 12.5. The highest BCUT2D eigenvalue weighted by Crippen LogP contribution is 2.22. The number of para-hydroxylation sites is 1. The molecule has 0 aliphatic heterocycles. The Morgan fingerprint density at radius 3 is 2.91 bits per heavy atom. The lowest BCUT2D eigenvalue weighted by molar-refractivity contribution is 0.556. The lowest BCUT2D eigenvalue weighted by atomic mass is 10.2. The summed E-state index contributed by atoms with van der Waals surface area (Å²) < 4.78 is 7.11. The van der Waals surface area contributed by atoms with E-state index < -0.39 is 0 Å². The van der Waals surface area contributed by atoms with Crippen LogP contribution in [0, 0.1) is 0 Å². The van der Waals surface area contributed by atoms with Crippen LogP contribution in [0.4, 0.5) is 0 Å². The zero-order valence-corrected chi connectivity index (χ0v) is 12.4. The van der Waals surface area contributed by atoms with Crippen LogP contribution in [0.3, 0.4) is 0 Å². The molecular weight excluding hydrogens is 312 g/mol. The highest BCUT2D eigenvalue weighted by molar-refractivity contribution is 7.15. The standard InChI is InChI=1S/C16H8N4O2S/c21-15-12(8-9-4-3-7-22-9)23-16-18-14-13(19-20(15)16)10-5-1-2-6-11(10)17-14/h1-8H/b12-8-. The monoisotopic (exact) mass is 320 g/mol. The summed E-state index contributed by atoms with van der Waals surface area (Å²) in [6, 6.07) is 11.2. The van der Waals surface area contributed by atoms with Gasteiger partial charge in [0.05, 0.1) is 11.8 Å². The fourth-order valence-corrected chi connectivity index (χ4v) is 3.44. The zero-order chi connectivity index (χ0) is 15.4. The van der Waals surface area contributed by atoms with Crippen molar-refractivity contribution >= 4 is 44.4 Å². The van der Waals surface area contributed by atoms with Gasteiger partial charge in [-0.3, -0.25) is 4.79 Å². The van der Waals surface area contributed by atoms with Crippen LogP contribution in [0.15, 0.2) is 51.9 Å². The Morgan fingerprint density at radius 1 is 1.13 bits per heavy atom. The highest BCUT2D eigenvalue weighted by atomic mass is 32.1. The molecule has 4 heterocycles. The SMILES string of the molecule is O=c1/c(=C/c2ccco2)sc2nc3nc4ccccc4c3nn12. The molecule has 0 aliphatic carbocycles. The van der Waals surface area contributed by atoms with Crippen LogP contribution < -0.4 is 10.1 Å². The first-order chi connectivity index (χ1) is 11.3. The number of fused-ring (bicyclic) bond motifs is 4. The summed E-state index contributed by atoms with van der Waals surface area (Å²) in [5.74, 6) is 0.622. The van der Waals surface area contributed by atoms with Gasteiger partial charge in [0.15, 0.2) is 5.65 Å². The van der Waals surface area contributed by atoms with Gasteiger partial charge in [-0.25, -0.2) is 4.98 Å². The fourth-order valence-electron chi connectivity index (χ4n) is 2.55. The van der Waals surface area contributed by atoms with Crippen molar-refractivity contribution < 1.29 is 4.42 Å². The molecule has 5 rings (SSSR count). The molecule has 0 radical (unpaired) electrons. The minimum atomic E-state index is -0.207. The summed E-state index contributed by atoms with van der Waals surface area (Å²) in [7, 11) is 0. The minimum absolute atomic E-state index is 0.207. The summed E-state index contributed by atoms with van der Waals surface area (Å²) in [6.45, 7) is 0. The van der Waals surface area contributed by atoms with Crippen molar-refractivity contribution in [1.29, 1.82) is 0 Å². The van der Waals surface area contributed by atoms with Crippen LogP contribution in [0.2, 0.25) is 0 Å². The molecule has 7 heteroatoms. The van der Waals surface area contributed by atoms with Gasteiger partial charge < -0.3 is 4.42 Å². The molecule has 0 unspecified atom stereocenters. The molecule has 1 aromatic carbocycles. The highest BCUT2D eigenvalue weighted by Gasteiger charge is 2.12. The van der Waals surface area contributed by atoms with Crippen LogP contribution in [-0.2, 0) is 0 Å². The van der Waals surface area contributed by atoms with Crippen LogP contribution in [0.25, 0.3) is 33.1 Å². The minimum Gasteiger partial charge on any atom is -0.465 e. The van der Waals surface area contributed by atoms with Gasteiger partial charge in [0.25, 0.3) is 5.56 Å². The number of nitrogens with zero attached hydrogens (tertiary/aromatic N) is 4. The van der Waals surface area contributed by atoms with E-state index in [9.17, 15) is 4.79 Å². The van der Waals surface area contributed by atoms with Gasteiger partial charge in [-0.1, -0.05) is 29.5 Å². The maximum Gasteiger partial charge on any atom is 0.291 e. The number of aromatic nitrogens is 4. The topological polar surface area (TPSA) is 73.3 Å². The average molecular weight is 320 g/mol. The molecule has 0 atom stereocenters. The second-order valence-electron chi connectivity index (χ2n) is 5.04. The molecule has 0 saturated heterocycles. The predicted octanol–water partition coefficient (Wildman–Crippen LogP) is 1.99. The van der Waals surface area contributed by atoms with Crippen molar-refractivity contribution in [3.63, 3.8) is 0 Å². The second-order valence-corrected chi connectivity index (χ2v) is 6.05. The molecule has 0 N–H and O–H groups in total. The van der Waals surface area contributed by atoms with Gasteiger partial charge in [0, 0.05) is 11.5 Å². The van der Waals surface area contributed by atoms with E-state index >= 15 is 0 Å². The molecular formula is C16H8N4O2S. The van der Waals surface area contributed by atoms with Crippen LogP contribution in [-0.4, -0.2) is 19.6 Å². The van der Waals surface area contributed by atoms with E-state index in [1.807, 2.05) is 24.3 Å². The van der Waals surface area contributed by atoms with Crippen molar-refractivity contribution in [2.45, 2.75) is 0 Å². The molecule has 0 bridgehead atoms. The average Bonchev–Trinajstić information content (AvgIpc) is 3.25. The van der Waals surface area contributed by atoms with E-state index in [2.05, 4.69) is 15.1 Å². The summed E-state index contributed by atoms with van der Waals surface area (Å²) in [5.41, 5.74) is 1.81. The van der Waals surface area contributed by atoms with Crippen LogP contribution in [0.5, 0.6) is 0 Å². The Bertz CT molecular complexity index is 1280. The molecule has 0 spiro atoms. The number of hydrogen-bond donors (Lipinski definition) is 0. The van der Waals surface area contributed by atoms with Crippen LogP contribution >= 0.6 is 11.3 Å². The molecule has 0 saturated carbocycles. The first kappa shape index (κ1) is 12.5. The van der Waals surface area contributed by atoms with Gasteiger partial charge in [-0.05, 0) is 18.2 Å². The Balaban J connectivity index is 1.88. The third-order valence-electron chi connectivity index (χ3n) is 3.60. The lowest BCUT2D eigenvalue weighted by Gasteiger charge is -1.91. The van der Waals surface area contributed by atoms with Crippen molar-refractivity contribution in [2.75, 3.05) is 0 Å². The van der Waals surface area contributed by atoms with E-state index in [1.54, 1.807) is 24.5 Å². The summed E-state index contributed by atoms with van der Waals surface area (Å²) in [6.07, 6.45) is 3.26. The van der Waals surface area contributed by atoms with Crippen molar-refractivity contribution in [2.24, 2.45) is 0 Å². The third kappa shape index (κ3) is 1.80. The first-order valence-corrected chi connectivity index (χ1v) is 7.74. The fraction of sp³-hybridized carbons (Fsp3) is 0. The third-order valence-corrected chi connectivity index (χ3v) is 4.56. The molecule has 0 fully saturated rings. The van der Waals surface area contributed by atoms with Crippen molar-refractivity contribution in [3.05, 3.63) is 63.3 Å². The van der Waals surface area contributed by atoms with Gasteiger partial charge in [0.1, 0.15) is 15.8 Å². The van der Waals surface area contributed by atoms with Gasteiger partial charge in [-0.2, -0.15) is 14.6 Å². The number of furan rings is 1. The van der Waals surface area contributed by atoms with E-state index in [0.29, 0.717) is 26.4 Å². The Labute approximate surface area is 132 Å². The number of rotatable bonds is 1. The normalized spacial score (nSPS) is 12.8. The zero-order valence-electron chi connectivity index (χ0n) is 11.6. The molecule has 110 valence electrons. The van der Waals surface area contributed by atoms with E-state index in [4.69, 9.17) is 4.42 Å². The Morgan fingerprint density at radius 2 is 2.04 bits per heavy atom. The molecule has 6 nitrogen and oxygen atoms in total. The smallest absolute Gasteiger partial charge is 0.291 e. The quantitative estimate of drug-likeness (QED) is 0.472. The van der Waals surface area contributed by atoms with Gasteiger partial charge in [-0.15, -0.1) is 0 Å². The van der Waals surface area contributed by atoms with E-state index in [0.717, 1.165) is 10.9 Å². The van der Waals surface area contributed by atoms with Crippen LogP contribution in [0.1, 0.15) is 5.76 Å². The number of hydrogen-bond acceptors (Lipinski definition) is 6. The predicted molar refractivity (Wildman–Crippen MR) is 87.4 cm³/mol. The van der Waals surface area contributed by atoms with Crippen molar-refractivity contribution in [1.82, 2.24) is 19.6 Å². The van der Waals surface area contributed by atoms with E-state index in [1.165, 1.54) is 15.9 Å². The largest absolute Gasteiger partial charge is 0.465 e. The molecule has 0 amide bonds. The number of thiazole rings is 1. The lowest BCUT2D eigenvalue weighted by Crippen LogP contribution is -2.24. The number of benzene rings is 1. The van der Waals surface area contributed by atoms with Gasteiger partial charge >= 0.3 is 0 Å². The maximum absolute atomic E-state index is 12.5. The second kappa shape index (κ2) is 4.47.